The lowest BCUT2D eigenvalue weighted by Gasteiger charge is -2.27. The first-order chi connectivity index (χ1) is 14.2. The monoisotopic (exact) mass is 435 g/mol. The lowest BCUT2D eigenvalue weighted by molar-refractivity contribution is 0.0300. The molecule has 1 fully saturated rings. The average Bonchev–Trinajstić information content (AvgIpc) is 2.98. The van der Waals surface area contributed by atoms with Crippen molar-refractivity contribution in [2.45, 2.75) is 18.7 Å². The van der Waals surface area contributed by atoms with Gasteiger partial charge in [0.1, 0.15) is 4.90 Å². The third-order valence-electron chi connectivity index (χ3n) is 5.26. The number of methoxy groups -OCH3 is 1. The number of carbonyl (C=O) groups excluding carboxylic acids is 2. The van der Waals surface area contributed by atoms with E-state index in [4.69, 9.17) is 4.74 Å². The maximum absolute atomic E-state index is 13.3. The predicted molar refractivity (Wildman–Crippen MR) is 110 cm³/mol. The van der Waals surface area contributed by atoms with Gasteiger partial charge < -0.3 is 18.9 Å². The first-order valence-electron chi connectivity index (χ1n) is 9.41. The Morgan fingerprint density at radius 1 is 1.07 bits per heavy atom. The summed E-state index contributed by atoms with van der Waals surface area (Å²) in [4.78, 5) is 26.3. The lowest BCUT2D eigenvalue weighted by atomic mass is 10.2. The normalized spacial score (nSPS) is 14.5. The third-order valence-corrected chi connectivity index (χ3v) is 6.80. The fourth-order valence-corrected chi connectivity index (χ4v) is 5.00. The van der Waals surface area contributed by atoms with Gasteiger partial charge in [-0.05, 0) is 38.1 Å². The molecule has 1 saturated heterocycles. The highest BCUT2D eigenvalue weighted by Crippen LogP contribution is 2.29. The minimum atomic E-state index is -4.06. The van der Waals surface area contributed by atoms with E-state index in [1.807, 2.05) is 0 Å². The van der Waals surface area contributed by atoms with Gasteiger partial charge in [0.25, 0.3) is 15.9 Å². The number of esters is 1. The van der Waals surface area contributed by atoms with E-state index in [1.54, 1.807) is 30.4 Å². The third kappa shape index (κ3) is 4.05. The van der Waals surface area contributed by atoms with Gasteiger partial charge in [0.05, 0.1) is 31.5 Å². The number of hydrogen-bond acceptors (Lipinski definition) is 6. The van der Waals surface area contributed by atoms with E-state index in [-0.39, 0.29) is 22.1 Å². The van der Waals surface area contributed by atoms with Gasteiger partial charge >= 0.3 is 5.97 Å². The number of morpholine rings is 1. The second-order valence-electron chi connectivity index (χ2n) is 7.01. The number of carbonyl (C=O) groups is 2. The molecule has 2 aromatic rings. The summed E-state index contributed by atoms with van der Waals surface area (Å²) in [5.74, 6) is -0.849. The van der Waals surface area contributed by atoms with Crippen LogP contribution in [0.3, 0.4) is 0 Å². The molecule has 9 nitrogen and oxygen atoms in total. The summed E-state index contributed by atoms with van der Waals surface area (Å²) in [5.41, 5.74) is 1.77. The van der Waals surface area contributed by atoms with Gasteiger partial charge in [0.15, 0.2) is 0 Å². The number of rotatable bonds is 5. The highest BCUT2D eigenvalue weighted by molar-refractivity contribution is 7.92. The molecular weight excluding hydrogens is 410 g/mol. The Hall–Kier alpha value is -2.85. The molecule has 1 aliphatic heterocycles. The molecule has 0 aliphatic carbocycles. The van der Waals surface area contributed by atoms with Crippen molar-refractivity contribution in [1.29, 1.82) is 0 Å². The predicted octanol–water partition coefficient (Wildman–Crippen LogP) is 1.70. The zero-order chi connectivity index (χ0) is 22.1. The van der Waals surface area contributed by atoms with Crippen molar-refractivity contribution < 1.29 is 27.5 Å². The Morgan fingerprint density at radius 2 is 1.67 bits per heavy atom. The molecule has 0 saturated carbocycles. The molecule has 30 heavy (non-hydrogen) atoms. The minimum Gasteiger partial charge on any atom is -0.465 e. The molecule has 0 bridgehead atoms. The van der Waals surface area contributed by atoms with Crippen LogP contribution in [0.1, 0.15) is 32.1 Å². The number of benzene rings is 1. The van der Waals surface area contributed by atoms with Crippen LogP contribution in [0, 0.1) is 13.8 Å². The summed E-state index contributed by atoms with van der Waals surface area (Å²) < 4.78 is 40.7. The number of nitrogens with zero attached hydrogens (tertiary/aromatic N) is 2. The maximum Gasteiger partial charge on any atom is 0.337 e. The van der Waals surface area contributed by atoms with E-state index < -0.39 is 16.0 Å². The minimum absolute atomic E-state index is 0.0453. The molecule has 3 rings (SSSR count). The van der Waals surface area contributed by atoms with Gasteiger partial charge in [-0.2, -0.15) is 0 Å². The van der Waals surface area contributed by atoms with Gasteiger partial charge in [-0.1, -0.05) is 0 Å². The first kappa shape index (κ1) is 21.8. The molecular formula is C20H25N3O6S. The molecule has 0 atom stereocenters. The van der Waals surface area contributed by atoms with E-state index in [0.29, 0.717) is 43.3 Å². The highest BCUT2D eigenvalue weighted by atomic mass is 32.2. The Balaban J connectivity index is 1.98. The summed E-state index contributed by atoms with van der Waals surface area (Å²) >= 11 is 0. The smallest absolute Gasteiger partial charge is 0.337 e. The fourth-order valence-electron chi connectivity index (χ4n) is 3.42. The average molecular weight is 436 g/mol. The number of sulfonamides is 1. The molecule has 0 radical (unpaired) electrons. The standard InChI is InChI=1S/C20H25N3O6S/c1-13-17(19(24)23-9-11-29-12-10-23)18(14(2)22(13)3)30(26,27)21-16-7-5-15(6-8-16)20(25)28-4/h5-8,21H,9-12H2,1-4H3. The van der Waals surface area contributed by atoms with Crippen LogP contribution >= 0.6 is 0 Å². The zero-order valence-corrected chi connectivity index (χ0v) is 18.2. The van der Waals surface area contributed by atoms with Crippen molar-refractivity contribution in [3.8, 4) is 0 Å². The Kier molecular flexibility index (Phi) is 6.18. The second-order valence-corrected chi connectivity index (χ2v) is 8.63. The Morgan fingerprint density at radius 3 is 2.23 bits per heavy atom. The van der Waals surface area contributed by atoms with E-state index in [9.17, 15) is 18.0 Å². The molecule has 1 amide bonds. The van der Waals surface area contributed by atoms with Gasteiger partial charge in [0, 0.05) is 37.2 Å². The van der Waals surface area contributed by atoms with Crippen molar-refractivity contribution in [2.24, 2.45) is 7.05 Å². The van der Waals surface area contributed by atoms with Crippen molar-refractivity contribution in [3.63, 3.8) is 0 Å². The van der Waals surface area contributed by atoms with E-state index >= 15 is 0 Å². The first-order valence-corrected chi connectivity index (χ1v) is 10.9. The SMILES string of the molecule is COC(=O)c1ccc(NS(=O)(=O)c2c(C(=O)N3CCOCC3)c(C)n(C)c2C)cc1. The summed E-state index contributed by atoms with van der Waals surface area (Å²) in [5, 5.41) is 0. The topological polar surface area (TPSA) is 107 Å². The van der Waals surface area contributed by atoms with Gasteiger partial charge in [-0.3, -0.25) is 9.52 Å². The quantitative estimate of drug-likeness (QED) is 0.717. The van der Waals surface area contributed by atoms with Crippen molar-refractivity contribution in [3.05, 3.63) is 46.8 Å². The van der Waals surface area contributed by atoms with Crippen LogP contribution in [0.15, 0.2) is 29.2 Å². The summed E-state index contributed by atoms with van der Waals surface area (Å²) in [6.45, 7) is 5.05. The lowest BCUT2D eigenvalue weighted by Crippen LogP contribution is -2.41. The zero-order valence-electron chi connectivity index (χ0n) is 17.4. The van der Waals surface area contributed by atoms with Crippen LogP contribution in [-0.4, -0.2) is 63.2 Å². The van der Waals surface area contributed by atoms with Crippen molar-refractivity contribution in [2.75, 3.05) is 38.1 Å². The second kappa shape index (κ2) is 8.49. The number of hydrogen-bond donors (Lipinski definition) is 1. The van der Waals surface area contributed by atoms with Crippen molar-refractivity contribution >= 4 is 27.6 Å². The molecule has 0 unspecified atom stereocenters. The molecule has 1 aromatic carbocycles. The molecule has 0 spiro atoms. The van der Waals surface area contributed by atoms with Crippen LogP contribution in [-0.2, 0) is 26.5 Å². The van der Waals surface area contributed by atoms with E-state index in [1.165, 1.54) is 31.4 Å². The molecule has 1 aromatic heterocycles. The number of amides is 1. The van der Waals surface area contributed by atoms with E-state index in [2.05, 4.69) is 9.46 Å². The largest absolute Gasteiger partial charge is 0.465 e. The Bertz CT molecular complexity index is 1070. The van der Waals surface area contributed by atoms with Gasteiger partial charge in [0.2, 0.25) is 0 Å². The molecule has 1 aliphatic rings. The molecule has 1 N–H and O–H groups in total. The molecule has 2 heterocycles. The van der Waals surface area contributed by atoms with Crippen LogP contribution < -0.4 is 4.72 Å². The highest BCUT2D eigenvalue weighted by Gasteiger charge is 2.33. The maximum atomic E-state index is 13.3. The van der Waals surface area contributed by atoms with Crippen LogP contribution in [0.4, 0.5) is 5.69 Å². The van der Waals surface area contributed by atoms with Gasteiger partial charge in [-0.15, -0.1) is 0 Å². The van der Waals surface area contributed by atoms with Gasteiger partial charge in [-0.25, -0.2) is 13.2 Å². The number of nitrogens with one attached hydrogen (secondary N) is 1. The fraction of sp³-hybridized carbons (Fsp3) is 0.400. The Labute approximate surface area is 175 Å². The van der Waals surface area contributed by atoms with Crippen molar-refractivity contribution in [1.82, 2.24) is 9.47 Å². The number of anilines is 1. The van der Waals surface area contributed by atoms with E-state index in [0.717, 1.165) is 0 Å². The molecule has 10 heteroatoms. The summed E-state index contributed by atoms with van der Waals surface area (Å²) in [7, 11) is -1.07. The number of aromatic nitrogens is 1. The van der Waals surface area contributed by atoms with Crippen LogP contribution in [0.5, 0.6) is 0 Å². The summed E-state index contributed by atoms with van der Waals surface area (Å²) in [6.07, 6.45) is 0. The summed E-state index contributed by atoms with van der Waals surface area (Å²) in [6, 6.07) is 5.87. The number of ether oxygens (including phenoxy) is 2. The molecule has 162 valence electrons. The van der Waals surface area contributed by atoms with Crippen LogP contribution in [0.2, 0.25) is 0 Å². The van der Waals surface area contributed by atoms with Crippen LogP contribution in [0.25, 0.3) is 0 Å².